The van der Waals surface area contributed by atoms with Crippen molar-refractivity contribution in [1.82, 2.24) is 9.97 Å². The molecule has 1 aromatic heterocycles. The van der Waals surface area contributed by atoms with Crippen molar-refractivity contribution in [3.8, 4) is 0 Å². The van der Waals surface area contributed by atoms with Crippen LogP contribution < -0.4 is 16.0 Å². The summed E-state index contributed by atoms with van der Waals surface area (Å²) in [7, 11) is 0. The number of rotatable bonds is 1. The highest BCUT2D eigenvalue weighted by atomic mass is 16.2. The Hall–Kier alpha value is -2.63. The smallest absolute Gasteiger partial charge is 0.244 e. The van der Waals surface area contributed by atoms with Crippen molar-refractivity contribution in [2.24, 2.45) is 0 Å². The van der Waals surface area contributed by atoms with Crippen molar-refractivity contribution in [3.63, 3.8) is 0 Å². The molecule has 1 aliphatic rings. The van der Waals surface area contributed by atoms with Crippen LogP contribution in [0.4, 0.5) is 23.0 Å². The van der Waals surface area contributed by atoms with Crippen molar-refractivity contribution in [2.45, 2.75) is 0 Å². The number of anilines is 4. The molecule has 0 unspecified atom stereocenters. The number of nitrogens with two attached hydrogens (primary N) is 1. The lowest BCUT2D eigenvalue weighted by atomic mass is 10.2. The zero-order valence-corrected chi connectivity index (χ0v) is 9.50. The average Bonchev–Trinajstić information content (AvgIpc) is 2.38. The summed E-state index contributed by atoms with van der Waals surface area (Å²) in [6, 6.07) is 7.51. The van der Waals surface area contributed by atoms with Crippen LogP contribution in [0, 0.1) is 0 Å². The van der Waals surface area contributed by atoms with Gasteiger partial charge in [-0.1, -0.05) is 12.1 Å². The molecule has 0 radical (unpaired) electrons. The highest BCUT2D eigenvalue weighted by molar-refractivity contribution is 6.03. The number of para-hydroxylation sites is 2. The molecule has 2 heterocycles. The number of nitrogen functional groups attached to an aromatic ring is 1. The van der Waals surface area contributed by atoms with Gasteiger partial charge in [-0.2, -0.15) is 0 Å². The quantitative estimate of drug-likeness (QED) is 0.782. The highest BCUT2D eigenvalue weighted by Crippen LogP contribution is 2.35. The van der Waals surface area contributed by atoms with E-state index in [4.69, 9.17) is 5.73 Å². The molecule has 3 rings (SSSR count). The molecule has 0 bridgehead atoms. The molecule has 90 valence electrons. The Labute approximate surface area is 103 Å². The fraction of sp³-hybridized carbons (Fsp3) is 0.0833. The molecule has 0 atom stereocenters. The van der Waals surface area contributed by atoms with Crippen molar-refractivity contribution in [3.05, 3.63) is 36.7 Å². The predicted molar refractivity (Wildman–Crippen MR) is 68.5 cm³/mol. The van der Waals surface area contributed by atoms with Gasteiger partial charge in [0.15, 0.2) is 11.6 Å². The first-order valence-corrected chi connectivity index (χ1v) is 5.48. The van der Waals surface area contributed by atoms with E-state index in [2.05, 4.69) is 15.3 Å². The van der Waals surface area contributed by atoms with Gasteiger partial charge in [-0.25, -0.2) is 9.97 Å². The molecule has 0 fully saturated rings. The maximum absolute atomic E-state index is 11.7. The number of benzene rings is 1. The fourth-order valence-electron chi connectivity index (χ4n) is 1.97. The largest absolute Gasteiger partial charge is 0.381 e. The van der Waals surface area contributed by atoms with Crippen LogP contribution in [0.5, 0.6) is 0 Å². The molecule has 6 nitrogen and oxygen atoms in total. The Morgan fingerprint density at radius 3 is 2.83 bits per heavy atom. The summed E-state index contributed by atoms with van der Waals surface area (Å²) < 4.78 is 0. The van der Waals surface area contributed by atoms with E-state index < -0.39 is 0 Å². The molecule has 2 aromatic rings. The van der Waals surface area contributed by atoms with Gasteiger partial charge in [0, 0.05) is 12.4 Å². The number of hydrogen-bond acceptors (Lipinski definition) is 5. The Kier molecular flexibility index (Phi) is 2.33. The molecule has 3 N–H and O–H groups in total. The number of hydrogen-bond donors (Lipinski definition) is 2. The molecule has 0 saturated carbocycles. The predicted octanol–water partition coefficient (Wildman–Crippen LogP) is 1.15. The lowest BCUT2D eigenvalue weighted by Crippen LogP contribution is -2.35. The van der Waals surface area contributed by atoms with Crippen LogP contribution in [0.25, 0.3) is 0 Å². The van der Waals surface area contributed by atoms with Gasteiger partial charge in [-0.05, 0) is 12.1 Å². The zero-order valence-electron chi connectivity index (χ0n) is 9.50. The standard InChI is InChI=1S/C12H11N5O/c13-11-12(15-6-5-14-11)17-7-10(18)16-8-3-1-2-4-9(8)17/h1-6H,7H2,(H2,13,14)(H,16,18). The summed E-state index contributed by atoms with van der Waals surface area (Å²) in [5, 5.41) is 2.81. The van der Waals surface area contributed by atoms with E-state index in [1.807, 2.05) is 24.3 Å². The zero-order chi connectivity index (χ0) is 12.5. The minimum Gasteiger partial charge on any atom is -0.381 e. The number of aromatic nitrogens is 2. The van der Waals surface area contributed by atoms with Gasteiger partial charge in [0.25, 0.3) is 0 Å². The summed E-state index contributed by atoms with van der Waals surface area (Å²) in [4.78, 5) is 21.6. The molecule has 1 amide bonds. The Morgan fingerprint density at radius 2 is 2.00 bits per heavy atom. The topological polar surface area (TPSA) is 84.1 Å². The van der Waals surface area contributed by atoms with Crippen LogP contribution in [0.1, 0.15) is 0 Å². The van der Waals surface area contributed by atoms with Gasteiger partial charge < -0.3 is 16.0 Å². The van der Waals surface area contributed by atoms with Gasteiger partial charge in [0.1, 0.15) is 6.54 Å². The molecular formula is C12H11N5O. The van der Waals surface area contributed by atoms with E-state index in [0.29, 0.717) is 11.6 Å². The molecule has 6 heteroatoms. The second-order valence-corrected chi connectivity index (χ2v) is 3.92. The lowest BCUT2D eigenvalue weighted by molar-refractivity contribution is -0.115. The van der Waals surface area contributed by atoms with Crippen molar-refractivity contribution in [2.75, 3.05) is 22.5 Å². The first-order chi connectivity index (χ1) is 8.75. The molecule has 1 aromatic carbocycles. The minimum atomic E-state index is -0.0984. The number of carbonyl (C=O) groups is 1. The molecule has 0 aliphatic carbocycles. The number of nitrogens with zero attached hydrogens (tertiary/aromatic N) is 3. The minimum absolute atomic E-state index is 0.0984. The van der Waals surface area contributed by atoms with Crippen LogP contribution in [0.2, 0.25) is 0 Å². The normalized spacial score (nSPS) is 14.0. The SMILES string of the molecule is Nc1nccnc1N1CC(=O)Nc2ccccc21. The van der Waals surface area contributed by atoms with Crippen molar-refractivity contribution in [1.29, 1.82) is 0 Å². The lowest BCUT2D eigenvalue weighted by Gasteiger charge is -2.30. The molecule has 18 heavy (non-hydrogen) atoms. The maximum Gasteiger partial charge on any atom is 0.244 e. The van der Waals surface area contributed by atoms with Crippen LogP contribution in [-0.2, 0) is 4.79 Å². The summed E-state index contributed by atoms with van der Waals surface area (Å²) in [6.45, 7) is 0.180. The van der Waals surface area contributed by atoms with E-state index in [-0.39, 0.29) is 12.5 Å². The van der Waals surface area contributed by atoms with Gasteiger partial charge in [-0.15, -0.1) is 0 Å². The van der Waals surface area contributed by atoms with E-state index in [1.54, 1.807) is 11.1 Å². The van der Waals surface area contributed by atoms with Crippen molar-refractivity contribution >= 4 is 28.9 Å². The van der Waals surface area contributed by atoms with Crippen LogP contribution >= 0.6 is 0 Å². The Balaban J connectivity index is 2.13. The number of nitrogens with one attached hydrogen (secondary N) is 1. The average molecular weight is 241 g/mol. The van der Waals surface area contributed by atoms with Gasteiger partial charge >= 0.3 is 0 Å². The Bertz CT molecular complexity index is 613. The van der Waals surface area contributed by atoms with Gasteiger partial charge in [0.2, 0.25) is 5.91 Å². The first-order valence-electron chi connectivity index (χ1n) is 5.48. The van der Waals surface area contributed by atoms with E-state index >= 15 is 0 Å². The van der Waals surface area contributed by atoms with E-state index in [0.717, 1.165) is 11.4 Å². The summed E-state index contributed by atoms with van der Waals surface area (Å²) in [5.41, 5.74) is 7.42. The second kappa shape index (κ2) is 3.99. The third-order valence-electron chi connectivity index (χ3n) is 2.73. The number of carbonyl (C=O) groups excluding carboxylic acids is 1. The Morgan fingerprint density at radius 1 is 1.22 bits per heavy atom. The summed E-state index contributed by atoms with van der Waals surface area (Å²) in [6.07, 6.45) is 3.08. The van der Waals surface area contributed by atoms with Gasteiger partial charge in [0.05, 0.1) is 11.4 Å². The van der Waals surface area contributed by atoms with Crippen LogP contribution in [0.3, 0.4) is 0 Å². The summed E-state index contributed by atoms with van der Waals surface area (Å²) in [5.74, 6) is 0.709. The summed E-state index contributed by atoms with van der Waals surface area (Å²) >= 11 is 0. The number of amides is 1. The monoisotopic (exact) mass is 241 g/mol. The molecular weight excluding hydrogens is 230 g/mol. The maximum atomic E-state index is 11.7. The van der Waals surface area contributed by atoms with E-state index in [9.17, 15) is 4.79 Å². The van der Waals surface area contributed by atoms with Gasteiger partial charge in [-0.3, -0.25) is 4.79 Å². The third-order valence-corrected chi connectivity index (χ3v) is 2.73. The third kappa shape index (κ3) is 1.64. The van der Waals surface area contributed by atoms with Crippen molar-refractivity contribution < 1.29 is 4.79 Å². The van der Waals surface area contributed by atoms with E-state index in [1.165, 1.54) is 6.20 Å². The fourth-order valence-corrected chi connectivity index (χ4v) is 1.97. The highest BCUT2D eigenvalue weighted by Gasteiger charge is 2.25. The second-order valence-electron chi connectivity index (χ2n) is 3.92. The first kappa shape index (κ1) is 10.5. The van der Waals surface area contributed by atoms with Crippen LogP contribution in [0.15, 0.2) is 36.7 Å². The number of fused-ring (bicyclic) bond motifs is 1. The molecule has 1 aliphatic heterocycles. The molecule has 0 spiro atoms. The molecule has 0 saturated heterocycles. The van der Waals surface area contributed by atoms with Crippen LogP contribution in [-0.4, -0.2) is 22.4 Å².